The first kappa shape index (κ1) is 8.52. The summed E-state index contributed by atoms with van der Waals surface area (Å²) in [6, 6.07) is 9.61. The van der Waals surface area contributed by atoms with Crippen molar-refractivity contribution in [1.29, 1.82) is 5.26 Å². The van der Waals surface area contributed by atoms with E-state index in [1.54, 1.807) is 24.3 Å². The summed E-state index contributed by atoms with van der Waals surface area (Å²) in [7, 11) is 0. The lowest BCUT2D eigenvalue weighted by atomic mass is 10.1. The van der Waals surface area contributed by atoms with Crippen LogP contribution in [0.4, 0.5) is 4.39 Å². The zero-order valence-corrected chi connectivity index (χ0v) is 7.20. The molecule has 68 valence electrons. The summed E-state index contributed by atoms with van der Waals surface area (Å²) in [5, 5.41) is 8.53. The highest BCUT2D eigenvalue weighted by Crippen LogP contribution is 2.21. The Morgan fingerprint density at radius 3 is 2.71 bits per heavy atom. The molecule has 0 aliphatic heterocycles. The molecule has 0 unspecified atom stereocenters. The van der Waals surface area contributed by atoms with Gasteiger partial charge in [0, 0.05) is 5.56 Å². The van der Waals surface area contributed by atoms with Crippen LogP contribution < -0.4 is 0 Å². The predicted molar refractivity (Wildman–Crippen MR) is 48.8 cm³/mol. The van der Waals surface area contributed by atoms with Crippen molar-refractivity contribution in [3.05, 3.63) is 48.0 Å². The smallest absolute Gasteiger partial charge is 0.141 e. The van der Waals surface area contributed by atoms with Crippen molar-refractivity contribution in [2.75, 3.05) is 0 Å². The zero-order chi connectivity index (χ0) is 9.97. The zero-order valence-electron chi connectivity index (χ0n) is 7.20. The summed E-state index contributed by atoms with van der Waals surface area (Å²) in [6.07, 6.45) is 1.52. The second kappa shape index (κ2) is 3.35. The average molecular weight is 187 g/mol. The summed E-state index contributed by atoms with van der Waals surface area (Å²) < 4.78 is 18.3. The van der Waals surface area contributed by atoms with Gasteiger partial charge in [-0.3, -0.25) is 0 Å². The summed E-state index contributed by atoms with van der Waals surface area (Å²) in [4.78, 5) is 0. The fourth-order valence-electron chi connectivity index (χ4n) is 1.20. The maximum absolute atomic E-state index is 13.2. The van der Waals surface area contributed by atoms with Crippen LogP contribution in [0, 0.1) is 17.1 Å². The summed E-state index contributed by atoms with van der Waals surface area (Å²) >= 11 is 0. The van der Waals surface area contributed by atoms with E-state index in [-0.39, 0.29) is 5.56 Å². The SMILES string of the molecule is N#Cc1ccc(-c2ccco2)cc1F. The monoisotopic (exact) mass is 187 g/mol. The summed E-state index contributed by atoms with van der Waals surface area (Å²) in [5.74, 6) is 0.0646. The van der Waals surface area contributed by atoms with Gasteiger partial charge in [0.2, 0.25) is 0 Å². The van der Waals surface area contributed by atoms with E-state index in [2.05, 4.69) is 0 Å². The van der Waals surface area contributed by atoms with Gasteiger partial charge in [0.25, 0.3) is 0 Å². The number of nitriles is 1. The largest absolute Gasteiger partial charge is 0.464 e. The molecule has 0 spiro atoms. The van der Waals surface area contributed by atoms with Gasteiger partial charge in [-0.2, -0.15) is 5.26 Å². The molecule has 1 aromatic carbocycles. The summed E-state index contributed by atoms with van der Waals surface area (Å²) in [5.41, 5.74) is 0.673. The molecule has 0 amide bonds. The molecule has 14 heavy (non-hydrogen) atoms. The van der Waals surface area contributed by atoms with Crippen LogP contribution in [0.25, 0.3) is 11.3 Å². The number of hydrogen-bond acceptors (Lipinski definition) is 2. The Hall–Kier alpha value is -2.08. The second-order valence-corrected chi connectivity index (χ2v) is 2.78. The second-order valence-electron chi connectivity index (χ2n) is 2.78. The van der Waals surface area contributed by atoms with E-state index < -0.39 is 5.82 Å². The topological polar surface area (TPSA) is 36.9 Å². The minimum absolute atomic E-state index is 0.0420. The Balaban J connectivity index is 2.49. The standard InChI is InChI=1S/C11H6FNO/c12-10-6-8(3-4-9(10)7-13)11-2-1-5-14-11/h1-6H. The Kier molecular flexibility index (Phi) is 2.04. The molecular weight excluding hydrogens is 181 g/mol. The number of benzene rings is 1. The van der Waals surface area contributed by atoms with Crippen LogP contribution in [0.15, 0.2) is 41.0 Å². The maximum atomic E-state index is 13.2. The van der Waals surface area contributed by atoms with Gasteiger partial charge in [0.05, 0.1) is 11.8 Å². The lowest BCUT2D eigenvalue weighted by Crippen LogP contribution is -1.84. The Bertz CT molecular complexity index is 482. The third-order valence-electron chi connectivity index (χ3n) is 1.90. The van der Waals surface area contributed by atoms with E-state index in [1.165, 1.54) is 18.4 Å². The van der Waals surface area contributed by atoms with Gasteiger partial charge in [-0.1, -0.05) is 0 Å². The molecule has 0 fully saturated rings. The summed E-state index contributed by atoms with van der Waals surface area (Å²) in [6.45, 7) is 0. The molecule has 3 heteroatoms. The third-order valence-corrected chi connectivity index (χ3v) is 1.90. The Labute approximate surface area is 80.2 Å². The normalized spacial score (nSPS) is 9.71. The molecule has 0 saturated heterocycles. The Morgan fingerprint density at radius 2 is 2.14 bits per heavy atom. The first-order valence-corrected chi connectivity index (χ1v) is 4.05. The molecule has 0 aliphatic rings. The molecular formula is C11H6FNO. The molecule has 2 rings (SSSR count). The molecule has 0 aliphatic carbocycles. The molecule has 1 aromatic heterocycles. The van der Waals surface area contributed by atoms with Crippen LogP contribution in [0.3, 0.4) is 0 Å². The van der Waals surface area contributed by atoms with E-state index in [4.69, 9.17) is 9.68 Å². The number of hydrogen-bond donors (Lipinski definition) is 0. The van der Waals surface area contributed by atoms with E-state index in [0.717, 1.165) is 0 Å². The van der Waals surface area contributed by atoms with E-state index in [0.29, 0.717) is 11.3 Å². The van der Waals surface area contributed by atoms with E-state index >= 15 is 0 Å². The van der Waals surface area contributed by atoms with Gasteiger partial charge in [-0.05, 0) is 30.3 Å². The number of rotatable bonds is 1. The van der Waals surface area contributed by atoms with Crippen molar-refractivity contribution in [3.8, 4) is 17.4 Å². The molecule has 0 saturated carbocycles. The molecule has 0 bridgehead atoms. The van der Waals surface area contributed by atoms with Gasteiger partial charge in [-0.25, -0.2) is 4.39 Å². The van der Waals surface area contributed by atoms with Crippen LogP contribution in [0.1, 0.15) is 5.56 Å². The highest BCUT2D eigenvalue weighted by atomic mass is 19.1. The lowest BCUT2D eigenvalue weighted by Gasteiger charge is -1.97. The van der Waals surface area contributed by atoms with Crippen molar-refractivity contribution in [2.45, 2.75) is 0 Å². The Morgan fingerprint density at radius 1 is 1.29 bits per heavy atom. The minimum Gasteiger partial charge on any atom is -0.464 e. The van der Waals surface area contributed by atoms with Gasteiger partial charge >= 0.3 is 0 Å². The van der Waals surface area contributed by atoms with Crippen molar-refractivity contribution >= 4 is 0 Å². The minimum atomic E-state index is -0.526. The number of halogens is 1. The van der Waals surface area contributed by atoms with Crippen LogP contribution in [0.5, 0.6) is 0 Å². The van der Waals surface area contributed by atoms with Crippen LogP contribution >= 0.6 is 0 Å². The van der Waals surface area contributed by atoms with Crippen molar-refractivity contribution in [1.82, 2.24) is 0 Å². The molecule has 0 atom stereocenters. The van der Waals surface area contributed by atoms with E-state index in [9.17, 15) is 4.39 Å². The quantitative estimate of drug-likeness (QED) is 0.688. The lowest BCUT2D eigenvalue weighted by molar-refractivity contribution is 0.580. The first-order chi connectivity index (χ1) is 6.81. The highest BCUT2D eigenvalue weighted by molar-refractivity contribution is 5.58. The highest BCUT2D eigenvalue weighted by Gasteiger charge is 2.05. The van der Waals surface area contributed by atoms with Crippen LogP contribution in [0.2, 0.25) is 0 Å². The van der Waals surface area contributed by atoms with Crippen molar-refractivity contribution < 1.29 is 8.81 Å². The first-order valence-electron chi connectivity index (χ1n) is 4.05. The maximum Gasteiger partial charge on any atom is 0.141 e. The van der Waals surface area contributed by atoms with Gasteiger partial charge < -0.3 is 4.42 Å². The van der Waals surface area contributed by atoms with Gasteiger partial charge in [-0.15, -0.1) is 0 Å². The number of nitrogens with zero attached hydrogens (tertiary/aromatic N) is 1. The molecule has 2 aromatic rings. The fraction of sp³-hybridized carbons (Fsp3) is 0. The molecule has 2 nitrogen and oxygen atoms in total. The van der Waals surface area contributed by atoms with Gasteiger partial charge in [0.15, 0.2) is 0 Å². The molecule has 0 N–H and O–H groups in total. The fourth-order valence-corrected chi connectivity index (χ4v) is 1.20. The predicted octanol–water partition coefficient (Wildman–Crippen LogP) is 2.96. The van der Waals surface area contributed by atoms with Crippen molar-refractivity contribution in [3.63, 3.8) is 0 Å². The molecule has 0 radical (unpaired) electrons. The average Bonchev–Trinajstić information content (AvgIpc) is 2.70. The molecule has 1 heterocycles. The number of furan rings is 1. The third kappa shape index (κ3) is 1.38. The van der Waals surface area contributed by atoms with Gasteiger partial charge in [0.1, 0.15) is 17.6 Å². The van der Waals surface area contributed by atoms with Crippen LogP contribution in [-0.4, -0.2) is 0 Å². The van der Waals surface area contributed by atoms with Crippen molar-refractivity contribution in [2.24, 2.45) is 0 Å². The van der Waals surface area contributed by atoms with E-state index in [1.807, 2.05) is 0 Å². The van der Waals surface area contributed by atoms with Crippen LogP contribution in [-0.2, 0) is 0 Å².